The number of furan rings is 1. The molecule has 66 heavy (non-hydrogen) atoms. The van der Waals surface area contributed by atoms with E-state index in [-0.39, 0.29) is 5.41 Å². The van der Waals surface area contributed by atoms with Crippen LogP contribution in [0.4, 0.5) is 17.1 Å². The van der Waals surface area contributed by atoms with Gasteiger partial charge in [-0.05, 0) is 116 Å². The van der Waals surface area contributed by atoms with E-state index in [1.807, 2.05) is 0 Å². The predicted molar refractivity (Wildman–Crippen MR) is 278 cm³/mol. The van der Waals surface area contributed by atoms with Gasteiger partial charge in [0.2, 0.25) is 0 Å². The molecule has 0 saturated heterocycles. The van der Waals surface area contributed by atoms with Crippen LogP contribution in [0.1, 0.15) is 37.3 Å². The standard InChI is InChI=1S/C63H44N2O/c1-63(2)54-27-15-13-25-49(54)50-33-30-42(36-55(50)63)64(40-17-5-3-6-18-40)43-31-34-51-56(37-43)65(41-19-7-4-8-20-41)57-38-59-62(52-26-14-16-28-58(52)66-59)60(61(51)57)39-29-32-48-46-23-10-9-21-44(46)45-22-11-12-24-47(45)53(48)35-39/h3-24,26-38,49H,25H2,1-2H3. The van der Waals surface area contributed by atoms with Crippen molar-refractivity contribution in [3.05, 3.63) is 229 Å². The van der Waals surface area contributed by atoms with Gasteiger partial charge in [-0.1, -0.05) is 165 Å². The van der Waals surface area contributed by atoms with Crippen molar-refractivity contribution in [2.24, 2.45) is 0 Å². The molecule has 0 bridgehead atoms. The van der Waals surface area contributed by atoms with E-state index in [1.165, 1.54) is 70.9 Å². The van der Waals surface area contributed by atoms with E-state index in [0.29, 0.717) is 5.92 Å². The van der Waals surface area contributed by atoms with E-state index in [0.717, 1.165) is 62.1 Å². The van der Waals surface area contributed by atoms with Gasteiger partial charge in [0.05, 0.1) is 11.0 Å². The topological polar surface area (TPSA) is 21.3 Å². The van der Waals surface area contributed by atoms with E-state index in [1.54, 1.807) is 0 Å². The number of nitrogens with zero attached hydrogens (tertiary/aromatic N) is 2. The summed E-state index contributed by atoms with van der Waals surface area (Å²) in [6.45, 7) is 4.80. The normalized spacial score (nSPS) is 15.4. The summed E-state index contributed by atoms with van der Waals surface area (Å²) in [6, 6.07) is 71.6. The first-order valence-electron chi connectivity index (χ1n) is 23.2. The van der Waals surface area contributed by atoms with E-state index in [4.69, 9.17) is 4.42 Å². The number of para-hydroxylation sites is 3. The highest BCUT2D eigenvalue weighted by atomic mass is 16.3. The van der Waals surface area contributed by atoms with Crippen molar-refractivity contribution in [2.75, 3.05) is 4.90 Å². The van der Waals surface area contributed by atoms with Crippen molar-refractivity contribution in [1.29, 1.82) is 0 Å². The number of anilines is 3. The second-order valence-corrected chi connectivity index (χ2v) is 18.7. The van der Waals surface area contributed by atoms with Crippen LogP contribution in [0.25, 0.3) is 92.9 Å². The van der Waals surface area contributed by atoms with Crippen LogP contribution in [-0.2, 0) is 5.41 Å². The van der Waals surface area contributed by atoms with Gasteiger partial charge in [0.1, 0.15) is 11.2 Å². The highest BCUT2D eigenvalue weighted by Gasteiger charge is 2.42. The summed E-state index contributed by atoms with van der Waals surface area (Å²) in [6.07, 6.45) is 7.97. The predicted octanol–water partition coefficient (Wildman–Crippen LogP) is 17.5. The SMILES string of the molecule is CC1(C)C2=CC=CCC2c2ccc(N(c3ccccc3)c3ccc4c5c(-c6ccc7c8ccccc8c8ccccc8c7c6)c6c(cc5n(-c5ccccc5)c4c3)oc3ccccc36)cc21. The van der Waals surface area contributed by atoms with Crippen molar-refractivity contribution in [3.63, 3.8) is 0 Å². The van der Waals surface area contributed by atoms with Gasteiger partial charge in [-0.2, -0.15) is 0 Å². The number of aromatic nitrogens is 1. The van der Waals surface area contributed by atoms with Gasteiger partial charge in [0.25, 0.3) is 0 Å². The molecule has 0 radical (unpaired) electrons. The summed E-state index contributed by atoms with van der Waals surface area (Å²) in [5.41, 5.74) is 15.1. The molecule has 2 aliphatic rings. The Morgan fingerprint density at radius 2 is 1.12 bits per heavy atom. The molecule has 2 heterocycles. The average molecular weight is 845 g/mol. The van der Waals surface area contributed by atoms with Crippen molar-refractivity contribution < 1.29 is 4.42 Å². The Balaban J connectivity index is 1.07. The molecule has 2 aromatic heterocycles. The first-order chi connectivity index (χ1) is 32.5. The van der Waals surface area contributed by atoms with E-state index >= 15 is 0 Å². The van der Waals surface area contributed by atoms with Gasteiger partial charge < -0.3 is 13.9 Å². The third-order valence-corrected chi connectivity index (χ3v) is 14.9. The molecular formula is C63H44N2O. The Bertz CT molecular complexity index is 4020. The molecule has 0 spiro atoms. The minimum Gasteiger partial charge on any atom is -0.456 e. The fourth-order valence-corrected chi connectivity index (χ4v) is 12.0. The number of fused-ring (bicyclic) bond motifs is 15. The van der Waals surface area contributed by atoms with Crippen LogP contribution in [0, 0.1) is 0 Å². The lowest BCUT2D eigenvalue weighted by molar-refractivity contribution is 0.612. The zero-order valence-corrected chi connectivity index (χ0v) is 36.8. The zero-order valence-electron chi connectivity index (χ0n) is 36.8. The fraction of sp³-hybridized carbons (Fsp3) is 0.0794. The molecule has 0 fully saturated rings. The summed E-state index contributed by atoms with van der Waals surface area (Å²) >= 11 is 0. The average Bonchev–Trinajstić information content (AvgIpc) is 3.98. The third kappa shape index (κ3) is 5.26. The van der Waals surface area contributed by atoms with Crippen LogP contribution in [0.3, 0.4) is 0 Å². The van der Waals surface area contributed by atoms with Crippen LogP contribution in [0.5, 0.6) is 0 Å². The molecule has 0 amide bonds. The number of benzene rings is 10. The van der Waals surface area contributed by atoms with Crippen LogP contribution in [0.15, 0.2) is 222 Å². The molecule has 12 aromatic rings. The van der Waals surface area contributed by atoms with Crippen LogP contribution in [-0.4, -0.2) is 4.57 Å². The maximum Gasteiger partial charge on any atom is 0.138 e. The van der Waals surface area contributed by atoms with Crippen molar-refractivity contribution >= 4 is 93.1 Å². The quantitative estimate of drug-likeness (QED) is 0.161. The molecule has 14 rings (SSSR count). The van der Waals surface area contributed by atoms with Gasteiger partial charge in [-0.15, -0.1) is 0 Å². The lowest BCUT2D eigenvalue weighted by Crippen LogP contribution is -2.18. The van der Waals surface area contributed by atoms with Gasteiger partial charge in [-0.3, -0.25) is 0 Å². The molecule has 1 atom stereocenters. The number of hydrogen-bond acceptors (Lipinski definition) is 2. The summed E-state index contributed by atoms with van der Waals surface area (Å²) < 4.78 is 9.31. The van der Waals surface area contributed by atoms with E-state index in [9.17, 15) is 0 Å². The lowest BCUT2D eigenvalue weighted by atomic mass is 9.79. The summed E-state index contributed by atoms with van der Waals surface area (Å²) in [7, 11) is 0. The van der Waals surface area contributed by atoms with E-state index < -0.39 is 0 Å². The first kappa shape index (κ1) is 37.3. The minimum atomic E-state index is -0.0630. The summed E-state index contributed by atoms with van der Waals surface area (Å²) in [5.74, 6) is 0.435. The number of allylic oxidation sites excluding steroid dienone is 4. The highest BCUT2D eigenvalue weighted by Crippen LogP contribution is 2.55. The molecule has 0 saturated carbocycles. The third-order valence-electron chi connectivity index (χ3n) is 14.9. The first-order valence-corrected chi connectivity index (χ1v) is 23.2. The van der Waals surface area contributed by atoms with Crippen molar-refractivity contribution in [1.82, 2.24) is 4.57 Å². The van der Waals surface area contributed by atoms with Crippen LogP contribution in [0.2, 0.25) is 0 Å². The second-order valence-electron chi connectivity index (χ2n) is 18.7. The van der Waals surface area contributed by atoms with Gasteiger partial charge >= 0.3 is 0 Å². The Kier molecular flexibility index (Phi) is 7.86. The molecule has 10 aromatic carbocycles. The molecule has 2 aliphatic carbocycles. The van der Waals surface area contributed by atoms with Gasteiger partial charge in [0.15, 0.2) is 0 Å². The van der Waals surface area contributed by atoms with E-state index in [2.05, 4.69) is 236 Å². The summed E-state index contributed by atoms with van der Waals surface area (Å²) in [5, 5.41) is 12.2. The van der Waals surface area contributed by atoms with Crippen molar-refractivity contribution in [3.8, 4) is 16.8 Å². The Morgan fingerprint density at radius 3 is 1.88 bits per heavy atom. The molecule has 1 unspecified atom stereocenters. The molecule has 0 aliphatic heterocycles. The molecule has 0 N–H and O–H groups in total. The zero-order chi connectivity index (χ0) is 43.7. The van der Waals surface area contributed by atoms with Crippen LogP contribution < -0.4 is 4.90 Å². The van der Waals surface area contributed by atoms with Crippen molar-refractivity contribution in [2.45, 2.75) is 31.6 Å². The molecule has 3 nitrogen and oxygen atoms in total. The fourth-order valence-electron chi connectivity index (χ4n) is 12.0. The monoisotopic (exact) mass is 844 g/mol. The second kappa shape index (κ2) is 13.9. The Hall–Kier alpha value is -8.14. The largest absolute Gasteiger partial charge is 0.456 e. The number of hydrogen-bond donors (Lipinski definition) is 0. The summed E-state index contributed by atoms with van der Waals surface area (Å²) in [4.78, 5) is 2.44. The molecule has 312 valence electrons. The Labute approximate surface area is 382 Å². The lowest BCUT2D eigenvalue weighted by Gasteiger charge is -2.28. The number of rotatable bonds is 5. The Morgan fingerprint density at radius 1 is 0.500 bits per heavy atom. The maximum absolute atomic E-state index is 6.86. The minimum absolute atomic E-state index is 0.0630. The smallest absolute Gasteiger partial charge is 0.138 e. The van der Waals surface area contributed by atoms with Crippen LogP contribution >= 0.6 is 0 Å². The highest BCUT2D eigenvalue weighted by molar-refractivity contribution is 6.30. The molecule has 3 heteroatoms. The van der Waals surface area contributed by atoms with Gasteiger partial charge in [0, 0.05) is 67.3 Å². The maximum atomic E-state index is 6.86. The van der Waals surface area contributed by atoms with Gasteiger partial charge in [-0.25, -0.2) is 0 Å². The molecular weight excluding hydrogens is 801 g/mol.